The van der Waals surface area contributed by atoms with Gasteiger partial charge in [-0.2, -0.15) is 5.10 Å². The van der Waals surface area contributed by atoms with Gasteiger partial charge in [0.05, 0.1) is 17.2 Å². The molecule has 7 nitrogen and oxygen atoms in total. The zero-order valence-electron chi connectivity index (χ0n) is 11.6. The van der Waals surface area contributed by atoms with E-state index in [1.54, 1.807) is 16.9 Å². The lowest BCUT2D eigenvalue weighted by atomic mass is 10.3. The first kappa shape index (κ1) is 15.5. The van der Waals surface area contributed by atoms with Crippen LogP contribution < -0.4 is 0 Å². The van der Waals surface area contributed by atoms with Gasteiger partial charge in [-0.15, -0.1) is 5.10 Å². The largest absolute Gasteiger partial charge is 0.281 e. The second kappa shape index (κ2) is 5.88. The number of rotatable bonds is 6. The highest BCUT2D eigenvalue weighted by Crippen LogP contribution is 2.22. The van der Waals surface area contributed by atoms with Gasteiger partial charge < -0.3 is 0 Å². The van der Waals surface area contributed by atoms with Gasteiger partial charge in [-0.3, -0.25) is 4.68 Å². The molecule has 10 heteroatoms. The van der Waals surface area contributed by atoms with Crippen LogP contribution in [0.2, 0.25) is 0 Å². The molecule has 0 unspecified atom stereocenters. The SMILES string of the molecule is CCn1ccc(CS(=O)(=O)Cc2nnn(C)c2C(F)F)n1. The van der Waals surface area contributed by atoms with Crippen molar-refractivity contribution in [3.63, 3.8) is 0 Å². The van der Waals surface area contributed by atoms with E-state index >= 15 is 0 Å². The molecule has 0 amide bonds. The van der Waals surface area contributed by atoms with Crippen molar-refractivity contribution in [2.75, 3.05) is 0 Å². The Hall–Kier alpha value is -1.84. The minimum atomic E-state index is -3.65. The Kier molecular flexibility index (Phi) is 4.35. The molecule has 0 fully saturated rings. The van der Waals surface area contributed by atoms with Crippen LogP contribution in [0.25, 0.3) is 0 Å². The maximum Gasteiger partial charge on any atom is 0.281 e. The van der Waals surface area contributed by atoms with Crippen molar-refractivity contribution in [2.24, 2.45) is 7.05 Å². The molecular weight excluding hydrogens is 304 g/mol. The molecule has 2 rings (SSSR count). The van der Waals surface area contributed by atoms with Gasteiger partial charge in [0.25, 0.3) is 6.43 Å². The van der Waals surface area contributed by atoms with Gasteiger partial charge in [0.1, 0.15) is 11.4 Å². The Morgan fingerprint density at radius 2 is 2.05 bits per heavy atom. The molecule has 2 aromatic rings. The topological polar surface area (TPSA) is 82.7 Å². The summed E-state index contributed by atoms with van der Waals surface area (Å²) in [7, 11) is -2.35. The summed E-state index contributed by atoms with van der Waals surface area (Å²) in [4.78, 5) is 0. The highest BCUT2D eigenvalue weighted by atomic mass is 32.2. The molecule has 116 valence electrons. The smallest absolute Gasteiger partial charge is 0.273 e. The highest BCUT2D eigenvalue weighted by Gasteiger charge is 2.25. The summed E-state index contributed by atoms with van der Waals surface area (Å²) in [6.45, 7) is 2.50. The number of aromatic nitrogens is 5. The number of sulfone groups is 1. The van der Waals surface area contributed by atoms with Crippen LogP contribution >= 0.6 is 0 Å². The van der Waals surface area contributed by atoms with E-state index in [1.807, 2.05) is 6.92 Å². The average molecular weight is 319 g/mol. The number of alkyl halides is 2. The zero-order chi connectivity index (χ0) is 15.6. The molecule has 2 aromatic heterocycles. The van der Waals surface area contributed by atoms with Crippen LogP contribution in [0.15, 0.2) is 12.3 Å². The number of halogens is 2. The molecule has 0 aliphatic rings. The first-order valence-corrected chi connectivity index (χ1v) is 8.04. The molecule has 21 heavy (non-hydrogen) atoms. The third kappa shape index (κ3) is 3.63. The van der Waals surface area contributed by atoms with Crippen molar-refractivity contribution in [1.82, 2.24) is 24.8 Å². The minimum absolute atomic E-state index is 0.220. The molecule has 0 saturated carbocycles. The van der Waals surface area contributed by atoms with Gasteiger partial charge in [-0.25, -0.2) is 21.9 Å². The fraction of sp³-hybridized carbons (Fsp3) is 0.545. The molecule has 0 N–H and O–H groups in total. The summed E-state index contributed by atoms with van der Waals surface area (Å²) < 4.78 is 52.4. The van der Waals surface area contributed by atoms with Crippen molar-refractivity contribution in [3.05, 3.63) is 29.3 Å². The maximum atomic E-state index is 12.9. The quantitative estimate of drug-likeness (QED) is 0.796. The van der Waals surface area contributed by atoms with E-state index in [-0.39, 0.29) is 11.4 Å². The summed E-state index contributed by atoms with van der Waals surface area (Å²) in [5.41, 5.74) is -0.320. The van der Waals surface area contributed by atoms with Crippen LogP contribution in [-0.2, 0) is 34.9 Å². The molecule has 0 aliphatic carbocycles. The molecule has 0 atom stereocenters. The molecular formula is C11H15F2N5O2S. The van der Waals surface area contributed by atoms with Gasteiger partial charge >= 0.3 is 0 Å². The average Bonchev–Trinajstić information content (AvgIpc) is 2.95. The van der Waals surface area contributed by atoms with E-state index in [0.717, 1.165) is 4.68 Å². The summed E-state index contributed by atoms with van der Waals surface area (Å²) in [6.07, 6.45) is -1.16. The second-order valence-electron chi connectivity index (χ2n) is 4.54. The van der Waals surface area contributed by atoms with E-state index in [0.29, 0.717) is 12.2 Å². The number of hydrogen-bond acceptors (Lipinski definition) is 5. The van der Waals surface area contributed by atoms with E-state index in [2.05, 4.69) is 15.4 Å². The van der Waals surface area contributed by atoms with Gasteiger partial charge in [-0.1, -0.05) is 5.21 Å². The Balaban J connectivity index is 2.18. The van der Waals surface area contributed by atoms with Crippen LogP contribution in [0.1, 0.15) is 30.4 Å². The number of hydrogen-bond donors (Lipinski definition) is 0. The van der Waals surface area contributed by atoms with Crippen molar-refractivity contribution < 1.29 is 17.2 Å². The monoisotopic (exact) mass is 319 g/mol. The van der Waals surface area contributed by atoms with Gasteiger partial charge in [0, 0.05) is 19.8 Å². The summed E-state index contributed by atoms with van der Waals surface area (Å²) in [6, 6.07) is 1.59. The Bertz CT molecular complexity index is 723. The van der Waals surface area contributed by atoms with Crippen LogP contribution in [0, 0.1) is 0 Å². The minimum Gasteiger partial charge on any atom is -0.273 e. The van der Waals surface area contributed by atoms with E-state index in [9.17, 15) is 17.2 Å². The Morgan fingerprint density at radius 1 is 1.33 bits per heavy atom. The van der Waals surface area contributed by atoms with Crippen LogP contribution in [-0.4, -0.2) is 33.2 Å². The highest BCUT2D eigenvalue weighted by molar-refractivity contribution is 7.89. The van der Waals surface area contributed by atoms with Gasteiger partial charge in [0.15, 0.2) is 9.84 Å². The summed E-state index contributed by atoms with van der Waals surface area (Å²) in [5.74, 6) is -0.904. The molecule has 0 saturated heterocycles. The maximum absolute atomic E-state index is 12.9. The van der Waals surface area contributed by atoms with Crippen LogP contribution in [0.5, 0.6) is 0 Å². The lowest BCUT2D eigenvalue weighted by Crippen LogP contribution is -2.11. The van der Waals surface area contributed by atoms with E-state index in [1.165, 1.54) is 7.05 Å². The number of aryl methyl sites for hydroxylation is 2. The van der Waals surface area contributed by atoms with Crippen molar-refractivity contribution in [1.29, 1.82) is 0 Å². The lowest BCUT2D eigenvalue weighted by molar-refractivity contribution is 0.140. The zero-order valence-corrected chi connectivity index (χ0v) is 12.4. The second-order valence-corrected chi connectivity index (χ2v) is 6.61. The van der Waals surface area contributed by atoms with E-state index in [4.69, 9.17) is 0 Å². The predicted octanol–water partition coefficient (Wildman–Crippen LogP) is 1.08. The van der Waals surface area contributed by atoms with Crippen molar-refractivity contribution >= 4 is 9.84 Å². The lowest BCUT2D eigenvalue weighted by Gasteiger charge is -2.04. The van der Waals surface area contributed by atoms with Crippen molar-refractivity contribution in [2.45, 2.75) is 31.4 Å². The third-order valence-electron chi connectivity index (χ3n) is 2.89. The fourth-order valence-electron chi connectivity index (χ4n) is 1.92. The first-order valence-electron chi connectivity index (χ1n) is 6.21. The number of nitrogens with zero attached hydrogens (tertiary/aromatic N) is 5. The molecule has 0 aliphatic heterocycles. The summed E-state index contributed by atoms with van der Waals surface area (Å²) >= 11 is 0. The Morgan fingerprint density at radius 3 is 2.62 bits per heavy atom. The standard InChI is InChI=1S/C11H15F2N5O2S/c1-3-18-5-4-8(15-18)6-21(19,20)7-9-10(11(12)13)17(2)16-14-9/h4-5,11H,3,6-7H2,1-2H3. The van der Waals surface area contributed by atoms with Crippen LogP contribution in [0.4, 0.5) is 8.78 Å². The normalized spacial score (nSPS) is 12.2. The molecule has 2 heterocycles. The first-order chi connectivity index (χ1) is 9.82. The molecule has 0 bridgehead atoms. The van der Waals surface area contributed by atoms with Crippen LogP contribution in [0.3, 0.4) is 0 Å². The predicted molar refractivity (Wildman–Crippen MR) is 70.2 cm³/mol. The van der Waals surface area contributed by atoms with Crippen molar-refractivity contribution in [3.8, 4) is 0 Å². The van der Waals surface area contributed by atoms with E-state index < -0.39 is 27.7 Å². The van der Waals surface area contributed by atoms with Gasteiger partial charge in [-0.05, 0) is 13.0 Å². The molecule has 0 radical (unpaired) electrons. The third-order valence-corrected chi connectivity index (χ3v) is 4.34. The Labute approximate surface area is 120 Å². The molecule has 0 aromatic carbocycles. The fourth-order valence-corrected chi connectivity index (χ4v) is 3.25. The van der Waals surface area contributed by atoms with Gasteiger partial charge in [0.2, 0.25) is 0 Å². The molecule has 0 spiro atoms. The summed E-state index contributed by atoms with van der Waals surface area (Å²) in [5, 5.41) is 11.0.